The number of aromatic nitrogens is 1. The number of carbonyl (C=O) groups is 2. The van der Waals surface area contributed by atoms with E-state index in [4.69, 9.17) is 0 Å². The Morgan fingerprint density at radius 2 is 1.91 bits per heavy atom. The smallest absolute Gasteiger partial charge is 0.318 e. The van der Waals surface area contributed by atoms with Crippen LogP contribution in [0.1, 0.15) is 22.5 Å². The maximum Gasteiger partial charge on any atom is 0.348 e. The van der Waals surface area contributed by atoms with Gasteiger partial charge in [-0.15, -0.1) is 0 Å². The summed E-state index contributed by atoms with van der Waals surface area (Å²) in [6.45, 7) is 6.10. The number of urea groups is 1. The Hall–Kier alpha value is -2.69. The Balaban J connectivity index is 1.99. The molecule has 0 spiro atoms. The molecule has 1 N–H and O–H groups in total. The topological polar surface area (TPSA) is 63.5 Å². The molecule has 0 atom stereocenters. The average Bonchev–Trinajstić information content (AvgIpc) is 2.90. The van der Waals surface area contributed by atoms with Crippen molar-refractivity contribution in [2.45, 2.75) is 27.2 Å². The normalized spacial score (nSPS) is 14.2. The van der Waals surface area contributed by atoms with Gasteiger partial charge < -0.3 is 4.57 Å². The fourth-order valence-corrected chi connectivity index (χ4v) is 2.84. The zero-order valence-corrected chi connectivity index (χ0v) is 12.8. The van der Waals surface area contributed by atoms with Gasteiger partial charge in [-0.1, -0.05) is 12.1 Å². The second kappa shape index (κ2) is 5.26. The molecule has 3 rings (SSSR count). The third-order valence-corrected chi connectivity index (χ3v) is 3.87. The SMILES string of the molecule is Cc1cccc(-n2c(C)cc(CC3=NC(=O)NC3=O)c2C)c1. The van der Waals surface area contributed by atoms with Crippen molar-refractivity contribution in [3.8, 4) is 5.69 Å². The lowest BCUT2D eigenvalue weighted by molar-refractivity contribution is -0.113. The summed E-state index contributed by atoms with van der Waals surface area (Å²) in [4.78, 5) is 26.5. The standard InChI is InChI=1S/C17H17N3O2/c1-10-5-4-6-14(7-10)20-11(2)8-13(12(20)3)9-15-16(21)19-17(22)18-15/h4-8H,9H2,1-3H3,(H,19,21,22). The first-order valence-electron chi connectivity index (χ1n) is 7.13. The Morgan fingerprint density at radius 1 is 1.14 bits per heavy atom. The van der Waals surface area contributed by atoms with Gasteiger partial charge in [0.1, 0.15) is 5.71 Å². The van der Waals surface area contributed by atoms with Crippen LogP contribution in [0.15, 0.2) is 35.3 Å². The van der Waals surface area contributed by atoms with E-state index in [1.54, 1.807) is 0 Å². The summed E-state index contributed by atoms with van der Waals surface area (Å²) in [6.07, 6.45) is 0.364. The number of hydrogen-bond donors (Lipinski definition) is 1. The van der Waals surface area contributed by atoms with Gasteiger partial charge in [0.2, 0.25) is 0 Å². The zero-order valence-electron chi connectivity index (χ0n) is 12.8. The highest BCUT2D eigenvalue weighted by Gasteiger charge is 2.24. The number of nitrogens with zero attached hydrogens (tertiary/aromatic N) is 2. The summed E-state index contributed by atoms with van der Waals surface area (Å²) in [7, 11) is 0. The van der Waals surface area contributed by atoms with Crippen LogP contribution in [0, 0.1) is 20.8 Å². The average molecular weight is 295 g/mol. The van der Waals surface area contributed by atoms with Crippen LogP contribution >= 0.6 is 0 Å². The summed E-state index contributed by atoms with van der Waals surface area (Å²) in [5.41, 5.74) is 5.70. The molecule has 112 valence electrons. The van der Waals surface area contributed by atoms with Crippen molar-refractivity contribution in [1.29, 1.82) is 0 Å². The summed E-state index contributed by atoms with van der Waals surface area (Å²) in [6, 6.07) is 9.72. The monoisotopic (exact) mass is 295 g/mol. The summed E-state index contributed by atoms with van der Waals surface area (Å²) in [5.74, 6) is -0.398. The third kappa shape index (κ3) is 2.45. The van der Waals surface area contributed by atoms with E-state index in [9.17, 15) is 9.59 Å². The van der Waals surface area contributed by atoms with Crippen molar-refractivity contribution in [2.75, 3.05) is 0 Å². The minimum atomic E-state index is -0.576. The molecule has 5 heteroatoms. The minimum Gasteiger partial charge on any atom is -0.318 e. The molecule has 0 bridgehead atoms. The maximum absolute atomic E-state index is 11.6. The number of benzene rings is 1. The van der Waals surface area contributed by atoms with Crippen molar-refractivity contribution in [1.82, 2.24) is 9.88 Å². The fourth-order valence-electron chi connectivity index (χ4n) is 2.84. The van der Waals surface area contributed by atoms with Gasteiger partial charge in [0.25, 0.3) is 5.91 Å². The molecule has 0 radical (unpaired) electrons. The minimum absolute atomic E-state index is 0.273. The van der Waals surface area contributed by atoms with Crippen molar-refractivity contribution < 1.29 is 9.59 Å². The van der Waals surface area contributed by atoms with E-state index in [1.165, 1.54) is 5.56 Å². The number of nitrogens with one attached hydrogen (secondary N) is 1. The molecule has 0 fully saturated rings. The molecule has 2 aromatic rings. The molecule has 2 heterocycles. The van der Waals surface area contributed by atoms with E-state index in [2.05, 4.69) is 40.0 Å². The molecule has 1 aliphatic rings. The summed E-state index contributed by atoms with van der Waals surface area (Å²) < 4.78 is 2.15. The molecule has 1 aromatic carbocycles. The predicted molar refractivity (Wildman–Crippen MR) is 84.7 cm³/mol. The fraction of sp³-hybridized carbons (Fsp3) is 0.235. The van der Waals surface area contributed by atoms with Crippen molar-refractivity contribution in [3.05, 3.63) is 52.8 Å². The third-order valence-electron chi connectivity index (χ3n) is 3.87. The quantitative estimate of drug-likeness (QED) is 0.946. The molecular weight excluding hydrogens is 278 g/mol. The van der Waals surface area contributed by atoms with Crippen LogP contribution in [-0.2, 0) is 11.2 Å². The van der Waals surface area contributed by atoms with Gasteiger partial charge in [-0.2, -0.15) is 4.99 Å². The highest BCUT2D eigenvalue weighted by Crippen LogP contribution is 2.22. The number of hydrogen-bond acceptors (Lipinski definition) is 2. The van der Waals surface area contributed by atoms with E-state index >= 15 is 0 Å². The Labute approximate surface area is 128 Å². The maximum atomic E-state index is 11.6. The van der Waals surface area contributed by atoms with Crippen LogP contribution < -0.4 is 5.32 Å². The van der Waals surface area contributed by atoms with Gasteiger partial charge in [-0.3, -0.25) is 10.1 Å². The van der Waals surface area contributed by atoms with E-state index < -0.39 is 11.9 Å². The van der Waals surface area contributed by atoms with Gasteiger partial charge >= 0.3 is 6.03 Å². The van der Waals surface area contributed by atoms with Crippen molar-refractivity contribution in [2.24, 2.45) is 4.99 Å². The molecule has 22 heavy (non-hydrogen) atoms. The molecular formula is C17H17N3O2. The van der Waals surface area contributed by atoms with Crippen LogP contribution in [0.3, 0.4) is 0 Å². The van der Waals surface area contributed by atoms with E-state index in [1.807, 2.05) is 26.0 Å². The van der Waals surface area contributed by atoms with Crippen LogP contribution in [0.25, 0.3) is 5.69 Å². The Bertz CT molecular complexity index is 815. The molecule has 0 saturated carbocycles. The number of aryl methyl sites for hydroxylation is 2. The van der Waals surface area contributed by atoms with Crippen molar-refractivity contribution in [3.63, 3.8) is 0 Å². The van der Waals surface area contributed by atoms with Crippen LogP contribution in [0.4, 0.5) is 4.79 Å². The van der Waals surface area contributed by atoms with Crippen LogP contribution in [0.5, 0.6) is 0 Å². The zero-order chi connectivity index (χ0) is 15.9. The highest BCUT2D eigenvalue weighted by atomic mass is 16.2. The second-order valence-corrected chi connectivity index (χ2v) is 5.57. The van der Waals surface area contributed by atoms with E-state index in [0.717, 1.165) is 22.6 Å². The first-order valence-corrected chi connectivity index (χ1v) is 7.13. The molecule has 0 saturated heterocycles. The highest BCUT2D eigenvalue weighted by molar-refractivity contribution is 6.46. The van der Waals surface area contributed by atoms with Crippen LogP contribution in [0.2, 0.25) is 0 Å². The second-order valence-electron chi connectivity index (χ2n) is 5.57. The van der Waals surface area contributed by atoms with Gasteiger partial charge in [-0.05, 0) is 50.1 Å². The number of amides is 3. The molecule has 1 aromatic heterocycles. The summed E-state index contributed by atoms with van der Waals surface area (Å²) in [5, 5.41) is 2.18. The first-order chi connectivity index (χ1) is 10.5. The van der Waals surface area contributed by atoms with Gasteiger partial charge in [0.05, 0.1) is 0 Å². The molecule has 5 nitrogen and oxygen atoms in total. The molecule has 0 unspecified atom stereocenters. The molecule has 1 aliphatic heterocycles. The molecule has 3 amide bonds. The number of aliphatic imine (C=N–C) groups is 1. The number of imide groups is 1. The first kappa shape index (κ1) is 14.3. The number of carbonyl (C=O) groups excluding carboxylic acids is 2. The van der Waals surface area contributed by atoms with E-state index in [0.29, 0.717) is 6.42 Å². The van der Waals surface area contributed by atoms with Gasteiger partial charge in [0, 0.05) is 23.5 Å². The van der Waals surface area contributed by atoms with Gasteiger partial charge in [0.15, 0.2) is 0 Å². The largest absolute Gasteiger partial charge is 0.348 e. The lowest BCUT2D eigenvalue weighted by Crippen LogP contribution is -2.26. The van der Waals surface area contributed by atoms with Crippen LogP contribution in [-0.4, -0.2) is 22.2 Å². The Kier molecular flexibility index (Phi) is 3.41. The lowest BCUT2D eigenvalue weighted by Gasteiger charge is -2.10. The summed E-state index contributed by atoms with van der Waals surface area (Å²) >= 11 is 0. The lowest BCUT2D eigenvalue weighted by atomic mass is 10.1. The molecule has 0 aliphatic carbocycles. The van der Waals surface area contributed by atoms with Crippen molar-refractivity contribution >= 4 is 17.6 Å². The predicted octanol–water partition coefficient (Wildman–Crippen LogP) is 2.64. The number of rotatable bonds is 3. The van der Waals surface area contributed by atoms with E-state index in [-0.39, 0.29) is 5.71 Å². The Morgan fingerprint density at radius 3 is 2.55 bits per heavy atom. The van der Waals surface area contributed by atoms with Gasteiger partial charge in [-0.25, -0.2) is 4.79 Å².